The Labute approximate surface area is 57.4 Å². The molecular formula is C5H9N3O2. The Bertz CT molecular complexity index is 251. The quantitative estimate of drug-likeness (QED) is 0.439. The lowest BCUT2D eigenvalue weighted by Gasteiger charge is -2.09. The van der Waals surface area contributed by atoms with Crippen molar-refractivity contribution in [2.24, 2.45) is 5.84 Å². The number of hydrogen-bond acceptors (Lipinski definition) is 4. The molecule has 0 spiro atoms. The molecule has 1 heterocycles. The summed E-state index contributed by atoms with van der Waals surface area (Å²) in [5, 5.41) is 3.46. The number of rotatable bonds is 2. The summed E-state index contributed by atoms with van der Waals surface area (Å²) in [6.45, 7) is 2.45. The summed E-state index contributed by atoms with van der Waals surface area (Å²) >= 11 is 0. The second-order valence-electron chi connectivity index (χ2n) is 1.84. The van der Waals surface area contributed by atoms with Crippen LogP contribution in [0.2, 0.25) is 0 Å². The van der Waals surface area contributed by atoms with Gasteiger partial charge in [0.2, 0.25) is 5.88 Å². The first-order chi connectivity index (χ1) is 4.74. The van der Waals surface area contributed by atoms with E-state index in [1.807, 2.05) is 6.92 Å². The molecule has 0 aromatic carbocycles. The molecule has 1 aromatic rings. The molecule has 0 atom stereocenters. The first-order valence-corrected chi connectivity index (χ1v) is 2.94. The highest BCUT2D eigenvalue weighted by Gasteiger charge is 2.02. The maximum atomic E-state index is 10.5. The minimum atomic E-state index is -0.279. The highest BCUT2D eigenvalue weighted by atomic mass is 16.5. The highest BCUT2D eigenvalue weighted by molar-refractivity contribution is 5.29. The molecule has 0 radical (unpaired) electrons. The van der Waals surface area contributed by atoms with Gasteiger partial charge in [-0.15, -0.1) is 0 Å². The second kappa shape index (κ2) is 2.57. The first-order valence-electron chi connectivity index (χ1n) is 2.94. The van der Waals surface area contributed by atoms with Gasteiger partial charge in [0, 0.05) is 6.54 Å². The van der Waals surface area contributed by atoms with E-state index >= 15 is 0 Å². The van der Waals surface area contributed by atoms with Crippen LogP contribution in [0.15, 0.2) is 15.4 Å². The van der Waals surface area contributed by atoms with Crippen LogP contribution in [0, 0.1) is 0 Å². The van der Waals surface area contributed by atoms with Gasteiger partial charge in [-0.1, -0.05) is 0 Å². The van der Waals surface area contributed by atoms with Crippen LogP contribution in [0.25, 0.3) is 0 Å². The van der Waals surface area contributed by atoms with E-state index in [0.29, 0.717) is 12.4 Å². The Balaban J connectivity index is 2.84. The average Bonchev–Trinajstić information content (AvgIpc) is 2.34. The van der Waals surface area contributed by atoms with Gasteiger partial charge in [-0.2, -0.15) is 5.16 Å². The Morgan fingerprint density at radius 1 is 1.90 bits per heavy atom. The van der Waals surface area contributed by atoms with Gasteiger partial charge in [-0.3, -0.25) is 9.80 Å². The van der Waals surface area contributed by atoms with Gasteiger partial charge in [-0.05, 0) is 6.92 Å². The number of H-pyrrole nitrogens is 1. The van der Waals surface area contributed by atoms with Crippen LogP contribution in [0.4, 0.5) is 5.88 Å². The summed E-state index contributed by atoms with van der Waals surface area (Å²) in [6.07, 6.45) is 0. The van der Waals surface area contributed by atoms with Crippen molar-refractivity contribution in [2.75, 3.05) is 11.6 Å². The zero-order chi connectivity index (χ0) is 7.56. The standard InChI is InChI=1S/C5H9N3O2/c1-2-8(6)5-3-4(9)7-10-5/h3H,2,6H2,1H3,(H,7,9). The van der Waals surface area contributed by atoms with E-state index in [2.05, 4.69) is 9.68 Å². The number of nitrogens with one attached hydrogen (secondary N) is 1. The van der Waals surface area contributed by atoms with Crippen LogP contribution in [0.1, 0.15) is 6.92 Å². The van der Waals surface area contributed by atoms with Gasteiger partial charge in [0.05, 0.1) is 6.07 Å². The van der Waals surface area contributed by atoms with E-state index in [1.165, 1.54) is 11.1 Å². The molecule has 0 fully saturated rings. The maximum absolute atomic E-state index is 10.5. The summed E-state index contributed by atoms with van der Waals surface area (Å²) in [7, 11) is 0. The van der Waals surface area contributed by atoms with E-state index in [1.54, 1.807) is 0 Å². The van der Waals surface area contributed by atoms with E-state index in [9.17, 15) is 4.79 Å². The largest absolute Gasteiger partial charge is 0.359 e. The summed E-state index contributed by atoms with van der Waals surface area (Å²) in [6, 6.07) is 1.30. The average molecular weight is 143 g/mol. The minimum Gasteiger partial charge on any atom is -0.359 e. The lowest BCUT2D eigenvalue weighted by molar-refractivity contribution is 0.412. The fourth-order valence-electron chi connectivity index (χ4n) is 0.571. The molecule has 10 heavy (non-hydrogen) atoms. The number of aromatic amines is 1. The molecular weight excluding hydrogens is 134 g/mol. The van der Waals surface area contributed by atoms with Gasteiger partial charge in [-0.25, -0.2) is 5.84 Å². The van der Waals surface area contributed by atoms with Crippen molar-refractivity contribution in [2.45, 2.75) is 6.92 Å². The molecule has 0 bridgehead atoms. The third-order valence-electron chi connectivity index (χ3n) is 1.13. The minimum absolute atomic E-state index is 0.279. The van der Waals surface area contributed by atoms with Crippen molar-refractivity contribution in [1.29, 1.82) is 0 Å². The van der Waals surface area contributed by atoms with Crippen LogP contribution in [-0.2, 0) is 0 Å². The third kappa shape index (κ3) is 1.19. The predicted octanol–water partition coefficient (Wildman–Crippen LogP) is -0.332. The van der Waals surface area contributed by atoms with E-state index < -0.39 is 0 Å². The lowest BCUT2D eigenvalue weighted by Crippen LogP contribution is -2.29. The maximum Gasteiger partial charge on any atom is 0.282 e. The van der Waals surface area contributed by atoms with Crippen LogP contribution >= 0.6 is 0 Å². The molecule has 0 saturated carbocycles. The summed E-state index contributed by atoms with van der Waals surface area (Å²) in [4.78, 5) is 10.5. The molecule has 0 aliphatic carbocycles. The van der Waals surface area contributed by atoms with Crippen molar-refractivity contribution < 1.29 is 4.52 Å². The van der Waals surface area contributed by atoms with E-state index in [4.69, 9.17) is 5.84 Å². The fourth-order valence-corrected chi connectivity index (χ4v) is 0.571. The normalized spacial score (nSPS) is 9.80. The van der Waals surface area contributed by atoms with Crippen LogP contribution in [0.5, 0.6) is 0 Å². The Morgan fingerprint density at radius 2 is 2.60 bits per heavy atom. The van der Waals surface area contributed by atoms with Gasteiger partial charge in [0.15, 0.2) is 0 Å². The van der Waals surface area contributed by atoms with Crippen molar-refractivity contribution in [3.63, 3.8) is 0 Å². The van der Waals surface area contributed by atoms with Crippen molar-refractivity contribution >= 4 is 5.88 Å². The molecule has 0 saturated heterocycles. The van der Waals surface area contributed by atoms with E-state index in [-0.39, 0.29) is 5.56 Å². The zero-order valence-electron chi connectivity index (χ0n) is 5.63. The first kappa shape index (κ1) is 6.88. The Morgan fingerprint density at radius 3 is 3.00 bits per heavy atom. The van der Waals surface area contributed by atoms with Crippen molar-refractivity contribution in [3.8, 4) is 0 Å². The molecule has 0 amide bonds. The van der Waals surface area contributed by atoms with Crippen LogP contribution < -0.4 is 16.4 Å². The SMILES string of the molecule is CCN(N)c1cc(=O)[nH]o1. The van der Waals surface area contributed by atoms with Crippen LogP contribution in [0.3, 0.4) is 0 Å². The number of nitrogens with two attached hydrogens (primary N) is 1. The van der Waals surface area contributed by atoms with Gasteiger partial charge < -0.3 is 4.52 Å². The predicted molar refractivity (Wildman–Crippen MR) is 36.5 cm³/mol. The van der Waals surface area contributed by atoms with Crippen molar-refractivity contribution in [1.82, 2.24) is 5.16 Å². The Hall–Kier alpha value is -1.23. The molecule has 1 aromatic heterocycles. The molecule has 56 valence electrons. The number of anilines is 1. The molecule has 5 nitrogen and oxygen atoms in total. The van der Waals surface area contributed by atoms with Gasteiger partial charge in [0.25, 0.3) is 5.56 Å². The topological polar surface area (TPSA) is 75.3 Å². The molecule has 0 unspecified atom stereocenters. The molecule has 5 heteroatoms. The lowest BCUT2D eigenvalue weighted by atomic mass is 10.6. The highest BCUT2D eigenvalue weighted by Crippen LogP contribution is 2.03. The zero-order valence-corrected chi connectivity index (χ0v) is 5.63. The monoisotopic (exact) mass is 143 g/mol. The summed E-state index contributed by atoms with van der Waals surface area (Å²) in [5.41, 5.74) is -0.279. The van der Waals surface area contributed by atoms with Crippen LogP contribution in [-0.4, -0.2) is 11.7 Å². The Kier molecular flexibility index (Phi) is 1.77. The summed E-state index contributed by atoms with van der Waals surface area (Å²) in [5.74, 6) is 5.74. The number of aromatic nitrogens is 1. The second-order valence-corrected chi connectivity index (χ2v) is 1.84. The van der Waals surface area contributed by atoms with E-state index in [0.717, 1.165) is 0 Å². The fraction of sp³-hybridized carbons (Fsp3) is 0.400. The molecule has 0 aliphatic rings. The number of nitrogens with zero attached hydrogens (tertiary/aromatic N) is 1. The third-order valence-corrected chi connectivity index (χ3v) is 1.13. The molecule has 0 aliphatic heterocycles. The number of hydrazine groups is 1. The van der Waals surface area contributed by atoms with Gasteiger partial charge >= 0.3 is 0 Å². The summed E-state index contributed by atoms with van der Waals surface area (Å²) < 4.78 is 4.68. The molecule has 1 rings (SSSR count). The van der Waals surface area contributed by atoms with Gasteiger partial charge in [0.1, 0.15) is 0 Å². The smallest absolute Gasteiger partial charge is 0.282 e. The van der Waals surface area contributed by atoms with Crippen molar-refractivity contribution in [3.05, 3.63) is 16.4 Å². The molecule has 3 N–H and O–H groups in total. The number of hydrogen-bond donors (Lipinski definition) is 2.